The maximum atomic E-state index is 14.3. The molecule has 1 aliphatic rings. The molecule has 0 spiro atoms. The number of hydrogen-bond donors (Lipinski definition) is 1. The topological polar surface area (TPSA) is 157 Å². The summed E-state index contributed by atoms with van der Waals surface area (Å²) in [7, 11) is -0.00249. The van der Waals surface area contributed by atoms with E-state index in [0.717, 1.165) is 24.0 Å². The Balaban J connectivity index is 1.42. The molecule has 2 heterocycles. The van der Waals surface area contributed by atoms with Gasteiger partial charge in [0.15, 0.2) is 0 Å². The molecular formula is C38H45N3O10S+2. The molecule has 1 aliphatic heterocycles. The van der Waals surface area contributed by atoms with E-state index >= 15 is 0 Å². The Morgan fingerprint density at radius 1 is 0.885 bits per heavy atom. The van der Waals surface area contributed by atoms with Crippen molar-refractivity contribution >= 4 is 55.7 Å². The molecule has 1 saturated heterocycles. The van der Waals surface area contributed by atoms with Crippen molar-refractivity contribution in [3.63, 3.8) is 0 Å². The van der Waals surface area contributed by atoms with Crippen LogP contribution in [0.3, 0.4) is 0 Å². The molecule has 3 aromatic carbocycles. The molecule has 0 atom stereocenters. The van der Waals surface area contributed by atoms with Gasteiger partial charge < -0.3 is 18.8 Å². The molecule has 14 heteroatoms. The van der Waals surface area contributed by atoms with Crippen LogP contribution in [0.5, 0.6) is 11.5 Å². The van der Waals surface area contributed by atoms with Gasteiger partial charge in [0.1, 0.15) is 18.0 Å². The summed E-state index contributed by atoms with van der Waals surface area (Å²) in [4.78, 5) is 56.1. The zero-order valence-corrected chi connectivity index (χ0v) is 31.0. The standard InChI is InChI=1S/C38H44N3O10S/c1-6-17-39-31-12-8-7-11-29(31)35(30-24-28(13-14-32(30)39)49-20-9-18-41(4,5)19-10-21-52(46,47)48)38(45)50-36-25(2)22-27(23-26(36)3)37(44)51-40-33(42)15-16-34(40)43/h7-8,11-14,22-24H,6,9-10,15-21H2,1-5H3/q+1/p+1. The van der Waals surface area contributed by atoms with Gasteiger partial charge in [0.05, 0.1) is 61.4 Å². The van der Waals surface area contributed by atoms with Crippen LogP contribution in [0, 0.1) is 13.8 Å². The number of carbonyl (C=O) groups is 4. The zero-order chi connectivity index (χ0) is 37.8. The Bertz CT molecular complexity index is 2120. The number of pyridine rings is 1. The van der Waals surface area contributed by atoms with Crippen LogP contribution in [0.4, 0.5) is 0 Å². The maximum absolute atomic E-state index is 14.3. The average Bonchev–Trinajstić information content (AvgIpc) is 3.39. The van der Waals surface area contributed by atoms with Crippen molar-refractivity contribution in [3.05, 3.63) is 76.9 Å². The number of quaternary nitrogens is 1. The van der Waals surface area contributed by atoms with Gasteiger partial charge >= 0.3 is 11.9 Å². The first kappa shape index (κ1) is 38.3. The van der Waals surface area contributed by atoms with E-state index in [-0.39, 0.29) is 29.9 Å². The van der Waals surface area contributed by atoms with E-state index in [0.29, 0.717) is 75.3 Å². The normalized spacial score (nSPS) is 13.6. The highest BCUT2D eigenvalue weighted by atomic mass is 32.2. The van der Waals surface area contributed by atoms with Crippen molar-refractivity contribution in [2.75, 3.05) is 39.5 Å². The molecule has 1 N–H and O–H groups in total. The first-order chi connectivity index (χ1) is 24.6. The molecular weight excluding hydrogens is 690 g/mol. The number of benzene rings is 3. The Kier molecular flexibility index (Phi) is 11.6. The second-order valence-corrected chi connectivity index (χ2v) is 15.3. The third-order valence-electron chi connectivity index (χ3n) is 9.06. The minimum absolute atomic E-state index is 0.0181. The summed E-state index contributed by atoms with van der Waals surface area (Å²) < 4.78 is 46.3. The highest BCUT2D eigenvalue weighted by molar-refractivity contribution is 7.85. The SMILES string of the molecule is CCC[n+]1c2ccccc2c(C(=O)Oc2c(C)cc(C(=O)ON3C(=O)CCC3=O)cc2C)c2cc(OCCC[N+](C)(C)CCCS(=O)(=O)O)ccc21. The van der Waals surface area contributed by atoms with Crippen molar-refractivity contribution < 1.29 is 55.5 Å². The summed E-state index contributed by atoms with van der Waals surface area (Å²) in [6, 6.07) is 16.3. The number of imide groups is 1. The third-order valence-corrected chi connectivity index (χ3v) is 9.86. The number of hydrogen-bond acceptors (Lipinski definition) is 9. The number of nitrogens with zero attached hydrogens (tertiary/aromatic N) is 3. The fourth-order valence-electron chi connectivity index (χ4n) is 6.56. The molecule has 2 amide bonds. The summed E-state index contributed by atoms with van der Waals surface area (Å²) in [5.74, 6) is -2.07. The first-order valence-electron chi connectivity index (χ1n) is 17.3. The van der Waals surface area contributed by atoms with Gasteiger partial charge in [-0.05, 0) is 55.3 Å². The van der Waals surface area contributed by atoms with E-state index in [1.165, 1.54) is 12.1 Å². The minimum Gasteiger partial charge on any atom is -0.493 e. The number of carbonyl (C=O) groups excluding carboxylic acids is 4. The van der Waals surface area contributed by atoms with Gasteiger partial charge in [0.2, 0.25) is 11.0 Å². The van der Waals surface area contributed by atoms with Crippen LogP contribution >= 0.6 is 0 Å². The molecule has 0 saturated carbocycles. The molecule has 0 aliphatic carbocycles. The maximum Gasteiger partial charge on any atom is 0.363 e. The van der Waals surface area contributed by atoms with Gasteiger partial charge in [0, 0.05) is 44.2 Å². The molecule has 52 heavy (non-hydrogen) atoms. The van der Waals surface area contributed by atoms with Crippen LogP contribution in [-0.2, 0) is 31.1 Å². The molecule has 0 unspecified atom stereocenters. The van der Waals surface area contributed by atoms with Crippen LogP contribution in [0.15, 0.2) is 54.6 Å². The average molecular weight is 736 g/mol. The summed E-state index contributed by atoms with van der Waals surface area (Å²) in [5.41, 5.74) is 3.11. The first-order valence-corrected chi connectivity index (χ1v) is 18.9. The Hall–Kier alpha value is -4.92. The van der Waals surface area contributed by atoms with Crippen LogP contribution in [0.25, 0.3) is 21.8 Å². The van der Waals surface area contributed by atoms with Gasteiger partial charge in [-0.25, -0.2) is 9.59 Å². The minimum atomic E-state index is -4.00. The number of amides is 2. The monoisotopic (exact) mass is 735 g/mol. The Morgan fingerprint density at radius 2 is 1.52 bits per heavy atom. The number of aryl methyl sites for hydroxylation is 3. The van der Waals surface area contributed by atoms with Crippen molar-refractivity contribution in [1.82, 2.24) is 5.06 Å². The van der Waals surface area contributed by atoms with Crippen LogP contribution < -0.4 is 14.0 Å². The van der Waals surface area contributed by atoms with Crippen LogP contribution in [-0.4, -0.2) is 85.8 Å². The Labute approximate surface area is 303 Å². The zero-order valence-electron chi connectivity index (χ0n) is 30.1. The van der Waals surface area contributed by atoms with E-state index in [1.54, 1.807) is 13.8 Å². The van der Waals surface area contributed by atoms with Gasteiger partial charge in [-0.3, -0.25) is 14.1 Å². The lowest BCUT2D eigenvalue weighted by atomic mass is 10.0. The van der Waals surface area contributed by atoms with E-state index in [4.69, 9.17) is 18.9 Å². The molecule has 1 fully saturated rings. The van der Waals surface area contributed by atoms with E-state index in [2.05, 4.69) is 11.5 Å². The van der Waals surface area contributed by atoms with Crippen molar-refractivity contribution in [3.8, 4) is 11.5 Å². The Morgan fingerprint density at radius 3 is 2.17 bits per heavy atom. The highest BCUT2D eigenvalue weighted by Crippen LogP contribution is 2.32. The molecule has 5 rings (SSSR count). The number of ether oxygens (including phenoxy) is 2. The molecule has 13 nitrogen and oxygen atoms in total. The van der Waals surface area contributed by atoms with E-state index in [9.17, 15) is 27.6 Å². The predicted octanol–water partition coefficient (Wildman–Crippen LogP) is 4.87. The van der Waals surface area contributed by atoms with Crippen LogP contribution in [0.1, 0.15) is 70.9 Å². The summed E-state index contributed by atoms with van der Waals surface area (Å²) >= 11 is 0. The van der Waals surface area contributed by atoms with E-state index < -0.39 is 33.9 Å². The van der Waals surface area contributed by atoms with Crippen molar-refractivity contribution in [2.45, 2.75) is 59.4 Å². The fraction of sp³-hybridized carbons (Fsp3) is 0.395. The number of rotatable bonds is 15. The predicted molar refractivity (Wildman–Crippen MR) is 192 cm³/mol. The summed E-state index contributed by atoms with van der Waals surface area (Å²) in [6.45, 7) is 7.87. The van der Waals surface area contributed by atoms with Crippen molar-refractivity contribution in [1.29, 1.82) is 0 Å². The lowest BCUT2D eigenvalue weighted by Gasteiger charge is -2.29. The second kappa shape index (κ2) is 15.8. The molecule has 1 aromatic heterocycles. The lowest BCUT2D eigenvalue weighted by molar-refractivity contribution is -0.890. The van der Waals surface area contributed by atoms with Crippen molar-refractivity contribution in [2.24, 2.45) is 0 Å². The van der Waals surface area contributed by atoms with Gasteiger partial charge in [-0.1, -0.05) is 19.1 Å². The van der Waals surface area contributed by atoms with Gasteiger partial charge in [-0.15, -0.1) is 5.06 Å². The largest absolute Gasteiger partial charge is 0.493 e. The second-order valence-electron chi connectivity index (χ2n) is 13.7. The third kappa shape index (κ3) is 8.92. The quantitative estimate of drug-likeness (QED) is 0.0261. The van der Waals surface area contributed by atoms with Gasteiger partial charge in [-0.2, -0.15) is 13.0 Å². The van der Waals surface area contributed by atoms with E-state index in [1.807, 2.05) is 56.6 Å². The fourth-order valence-corrected chi connectivity index (χ4v) is 7.05. The number of fused-ring (bicyclic) bond motifs is 2. The summed E-state index contributed by atoms with van der Waals surface area (Å²) in [6.07, 6.45) is 1.86. The molecule has 0 bridgehead atoms. The lowest BCUT2D eigenvalue weighted by Crippen LogP contribution is -2.42. The van der Waals surface area contributed by atoms with Gasteiger partial charge in [0.25, 0.3) is 21.9 Å². The van der Waals surface area contributed by atoms with Crippen LogP contribution in [0.2, 0.25) is 0 Å². The molecule has 4 aromatic rings. The number of aromatic nitrogens is 1. The molecule has 276 valence electrons. The smallest absolute Gasteiger partial charge is 0.363 e. The number of esters is 1. The summed E-state index contributed by atoms with van der Waals surface area (Å²) in [5, 5.41) is 1.84. The number of hydroxylamine groups is 2. The highest BCUT2D eigenvalue weighted by Gasteiger charge is 2.34. The molecule has 0 radical (unpaired) electrons. The number of para-hydroxylation sites is 1.